The summed E-state index contributed by atoms with van der Waals surface area (Å²) in [5.41, 5.74) is 3.50. The van der Waals surface area contributed by atoms with E-state index in [0.29, 0.717) is 30.1 Å². The maximum atomic E-state index is 11.8. The number of carbonyl (C=O) groups is 1. The SMILES string of the molecule is CCOC(=O)c1ccc(C2C3CC2(COCc2ccccc2)C3)cc1. The third kappa shape index (κ3) is 2.98. The van der Waals surface area contributed by atoms with Gasteiger partial charge in [-0.1, -0.05) is 42.5 Å². The third-order valence-corrected chi connectivity index (χ3v) is 5.75. The van der Waals surface area contributed by atoms with E-state index in [2.05, 4.69) is 24.3 Å². The summed E-state index contributed by atoms with van der Waals surface area (Å²) in [6, 6.07) is 18.3. The van der Waals surface area contributed by atoms with Crippen molar-refractivity contribution < 1.29 is 14.3 Å². The predicted molar refractivity (Wildman–Crippen MR) is 96.4 cm³/mol. The van der Waals surface area contributed by atoms with Crippen molar-refractivity contribution in [2.75, 3.05) is 13.2 Å². The Bertz CT molecular complexity index is 730. The van der Waals surface area contributed by atoms with Crippen molar-refractivity contribution in [3.8, 4) is 0 Å². The zero-order valence-corrected chi connectivity index (χ0v) is 14.6. The van der Waals surface area contributed by atoms with Crippen LogP contribution in [-0.2, 0) is 16.1 Å². The second-order valence-corrected chi connectivity index (χ2v) is 7.33. The van der Waals surface area contributed by atoms with E-state index in [1.54, 1.807) is 0 Å². The van der Waals surface area contributed by atoms with E-state index < -0.39 is 0 Å². The summed E-state index contributed by atoms with van der Waals surface area (Å²) in [4.78, 5) is 11.8. The molecular formula is C22H24O3. The number of hydrogen-bond donors (Lipinski definition) is 0. The summed E-state index contributed by atoms with van der Waals surface area (Å²) in [7, 11) is 0. The molecule has 0 amide bonds. The highest BCUT2D eigenvalue weighted by Crippen LogP contribution is 2.73. The fourth-order valence-corrected chi connectivity index (χ4v) is 4.47. The molecule has 130 valence electrons. The number of esters is 1. The summed E-state index contributed by atoms with van der Waals surface area (Å²) >= 11 is 0. The van der Waals surface area contributed by atoms with Crippen molar-refractivity contribution in [2.45, 2.75) is 32.3 Å². The number of rotatable bonds is 7. The molecule has 0 aromatic heterocycles. The molecule has 3 fully saturated rings. The van der Waals surface area contributed by atoms with Gasteiger partial charge in [0.2, 0.25) is 0 Å². The van der Waals surface area contributed by atoms with E-state index in [1.807, 2.05) is 37.3 Å². The summed E-state index contributed by atoms with van der Waals surface area (Å²) in [5, 5.41) is 0. The normalized spacial score (nSPS) is 26.4. The van der Waals surface area contributed by atoms with Crippen molar-refractivity contribution >= 4 is 5.97 Å². The van der Waals surface area contributed by atoms with Gasteiger partial charge in [-0.25, -0.2) is 4.79 Å². The molecule has 0 radical (unpaired) electrons. The van der Waals surface area contributed by atoms with Gasteiger partial charge in [0.05, 0.1) is 25.4 Å². The van der Waals surface area contributed by atoms with Crippen LogP contribution in [0.1, 0.15) is 47.2 Å². The fraction of sp³-hybridized carbons (Fsp3) is 0.409. The molecule has 2 aromatic carbocycles. The minimum absolute atomic E-state index is 0.242. The first-order valence-corrected chi connectivity index (χ1v) is 9.10. The van der Waals surface area contributed by atoms with E-state index in [0.717, 1.165) is 12.5 Å². The molecule has 3 nitrogen and oxygen atoms in total. The van der Waals surface area contributed by atoms with Crippen LogP contribution >= 0.6 is 0 Å². The Labute approximate surface area is 149 Å². The number of carbonyl (C=O) groups excluding carboxylic acids is 1. The summed E-state index contributed by atoms with van der Waals surface area (Å²) < 4.78 is 11.1. The van der Waals surface area contributed by atoms with E-state index in [-0.39, 0.29) is 5.97 Å². The lowest BCUT2D eigenvalue weighted by atomic mass is 9.36. The Balaban J connectivity index is 1.36. The lowest BCUT2D eigenvalue weighted by molar-refractivity contribution is -0.184. The molecule has 0 saturated heterocycles. The predicted octanol–water partition coefficient (Wildman–Crippen LogP) is 4.57. The van der Waals surface area contributed by atoms with E-state index >= 15 is 0 Å². The largest absolute Gasteiger partial charge is 0.462 e. The molecule has 5 rings (SSSR count). The maximum Gasteiger partial charge on any atom is 0.338 e. The smallest absolute Gasteiger partial charge is 0.338 e. The first kappa shape index (κ1) is 16.3. The van der Waals surface area contributed by atoms with E-state index in [9.17, 15) is 4.79 Å². The van der Waals surface area contributed by atoms with Crippen LogP contribution in [0.3, 0.4) is 0 Å². The van der Waals surface area contributed by atoms with Gasteiger partial charge >= 0.3 is 5.97 Å². The Morgan fingerprint density at radius 3 is 2.40 bits per heavy atom. The topological polar surface area (TPSA) is 35.5 Å². The average molecular weight is 336 g/mol. The lowest BCUT2D eigenvalue weighted by Gasteiger charge is -2.68. The zero-order valence-electron chi connectivity index (χ0n) is 14.6. The molecule has 0 aliphatic heterocycles. The molecule has 2 aromatic rings. The summed E-state index contributed by atoms with van der Waals surface area (Å²) in [6.07, 6.45) is 2.54. The van der Waals surface area contributed by atoms with Crippen molar-refractivity contribution in [1.29, 1.82) is 0 Å². The molecule has 0 heterocycles. The van der Waals surface area contributed by atoms with Crippen LogP contribution in [0.2, 0.25) is 0 Å². The highest BCUT2D eigenvalue weighted by atomic mass is 16.5. The highest BCUT2D eigenvalue weighted by Gasteiger charge is 2.65. The molecule has 0 N–H and O–H groups in total. The Kier molecular flexibility index (Phi) is 4.34. The second-order valence-electron chi connectivity index (χ2n) is 7.33. The van der Waals surface area contributed by atoms with Crippen LogP contribution in [0.25, 0.3) is 0 Å². The molecule has 1 atom stereocenters. The molecular weight excluding hydrogens is 312 g/mol. The quantitative estimate of drug-likeness (QED) is 0.695. The Morgan fingerprint density at radius 2 is 1.80 bits per heavy atom. The third-order valence-electron chi connectivity index (χ3n) is 5.75. The average Bonchev–Trinajstić information content (AvgIpc) is 2.58. The highest BCUT2D eigenvalue weighted by molar-refractivity contribution is 5.89. The number of benzene rings is 2. The summed E-state index contributed by atoms with van der Waals surface area (Å²) in [6.45, 7) is 3.74. The monoisotopic (exact) mass is 336 g/mol. The van der Waals surface area contributed by atoms with Crippen molar-refractivity contribution in [3.05, 3.63) is 71.3 Å². The minimum Gasteiger partial charge on any atom is -0.462 e. The van der Waals surface area contributed by atoms with Crippen LogP contribution in [0.15, 0.2) is 54.6 Å². The second kappa shape index (κ2) is 6.64. The van der Waals surface area contributed by atoms with Gasteiger partial charge in [0, 0.05) is 5.41 Å². The minimum atomic E-state index is -0.242. The first-order chi connectivity index (χ1) is 12.2. The van der Waals surface area contributed by atoms with Gasteiger partial charge in [0.25, 0.3) is 0 Å². The lowest BCUT2D eigenvalue weighted by Crippen LogP contribution is -2.61. The van der Waals surface area contributed by atoms with Crippen LogP contribution in [-0.4, -0.2) is 19.2 Å². The summed E-state index contributed by atoms with van der Waals surface area (Å²) in [5.74, 6) is 1.13. The van der Waals surface area contributed by atoms with Crippen molar-refractivity contribution in [2.24, 2.45) is 11.3 Å². The molecule has 25 heavy (non-hydrogen) atoms. The van der Waals surface area contributed by atoms with Gasteiger partial charge in [-0.05, 0) is 54.9 Å². The first-order valence-electron chi connectivity index (χ1n) is 9.10. The van der Waals surface area contributed by atoms with Gasteiger partial charge < -0.3 is 9.47 Å². The van der Waals surface area contributed by atoms with Crippen LogP contribution in [0, 0.1) is 11.3 Å². The molecule has 3 heteroatoms. The van der Waals surface area contributed by atoms with Gasteiger partial charge in [-0.2, -0.15) is 0 Å². The molecule has 1 unspecified atom stereocenters. The molecule has 2 bridgehead atoms. The maximum absolute atomic E-state index is 11.8. The number of hydrogen-bond acceptors (Lipinski definition) is 3. The van der Waals surface area contributed by atoms with Gasteiger partial charge in [0.15, 0.2) is 0 Å². The standard InChI is InChI=1S/C22H24O3/c1-2-25-21(23)18-10-8-17(9-11-18)20-19-12-22(20,13-19)15-24-14-16-6-4-3-5-7-16/h3-11,19-20H,2,12-15H2,1H3. The van der Waals surface area contributed by atoms with Crippen LogP contribution in [0.5, 0.6) is 0 Å². The Hall–Kier alpha value is -2.13. The van der Waals surface area contributed by atoms with Crippen LogP contribution in [0.4, 0.5) is 0 Å². The molecule has 0 spiro atoms. The van der Waals surface area contributed by atoms with Crippen LogP contribution < -0.4 is 0 Å². The van der Waals surface area contributed by atoms with Crippen molar-refractivity contribution in [1.82, 2.24) is 0 Å². The Morgan fingerprint density at radius 1 is 1.08 bits per heavy atom. The van der Waals surface area contributed by atoms with Gasteiger partial charge in [-0.15, -0.1) is 0 Å². The van der Waals surface area contributed by atoms with Crippen molar-refractivity contribution in [3.63, 3.8) is 0 Å². The number of ether oxygens (including phenoxy) is 2. The van der Waals surface area contributed by atoms with E-state index in [1.165, 1.54) is 24.0 Å². The fourth-order valence-electron chi connectivity index (χ4n) is 4.47. The zero-order chi connectivity index (χ0) is 17.3. The van der Waals surface area contributed by atoms with Gasteiger partial charge in [-0.3, -0.25) is 0 Å². The molecule has 3 saturated carbocycles. The molecule has 3 aliphatic rings. The van der Waals surface area contributed by atoms with Gasteiger partial charge in [0.1, 0.15) is 0 Å². The molecule has 3 aliphatic carbocycles. The van der Waals surface area contributed by atoms with E-state index in [4.69, 9.17) is 9.47 Å².